The van der Waals surface area contributed by atoms with E-state index in [2.05, 4.69) is 26.6 Å². The van der Waals surface area contributed by atoms with E-state index in [1.807, 2.05) is 12.1 Å². The Morgan fingerprint density at radius 3 is 1.23 bits per heavy atom. The predicted octanol–water partition coefficient (Wildman–Crippen LogP) is 1.79. The van der Waals surface area contributed by atoms with E-state index in [0.29, 0.717) is 26.2 Å². The van der Waals surface area contributed by atoms with Crippen molar-refractivity contribution in [2.45, 2.75) is 58.2 Å². The van der Waals surface area contributed by atoms with Crippen molar-refractivity contribution in [1.29, 1.82) is 0 Å². The number of benzene rings is 4. The van der Waals surface area contributed by atoms with Gasteiger partial charge in [-0.25, -0.2) is 0 Å². The lowest BCUT2D eigenvalue weighted by atomic mass is 10.2. The Labute approximate surface area is 567 Å². The molecule has 0 radical (unpaired) electrons. The lowest BCUT2D eigenvalue weighted by Crippen LogP contribution is -2.54. The topological polar surface area (TPSA) is 346 Å². The third-order valence-electron chi connectivity index (χ3n) is 15.5. The van der Waals surface area contributed by atoms with Gasteiger partial charge in [0, 0.05) is 71.0 Å². The smallest absolute Gasteiger partial charge is 0.296 e. The molecule has 0 fully saturated rings. The number of nitrogens with one attached hydrogen (secondary N) is 5. The molecule has 4 aromatic carbocycles. The first-order chi connectivity index (χ1) is 48.2. The number of carbonyl (C=O) groups is 7. The van der Waals surface area contributed by atoms with Crippen LogP contribution in [0, 0.1) is 0 Å². The number of nitrogens with two attached hydrogens (primary N) is 1. The van der Waals surface area contributed by atoms with Crippen LogP contribution in [-0.4, -0.2) is 148 Å². The first-order valence-corrected chi connectivity index (χ1v) is 32.1. The highest BCUT2D eigenvalue weighted by Crippen LogP contribution is 2.13. The first-order valence-electron chi connectivity index (χ1n) is 32.1. The molecule has 11 rings (SSSR count). The molecule has 4 aromatic heterocycles. The molecule has 8 aromatic rings. The van der Waals surface area contributed by atoms with Crippen LogP contribution in [0.25, 0.3) is 0 Å². The fraction of sp³-hybridized carbons (Fsp3) is 0.282. The van der Waals surface area contributed by atoms with Gasteiger partial charge in [0.2, 0.25) is 5.91 Å². The van der Waals surface area contributed by atoms with E-state index in [1.165, 1.54) is 46.2 Å². The van der Waals surface area contributed by atoms with Gasteiger partial charge in [-0.05, 0) is 84.3 Å². The Bertz CT molecular complexity index is 4340. The van der Waals surface area contributed by atoms with E-state index in [1.54, 1.807) is 109 Å². The Hall–Kier alpha value is -11.9. The van der Waals surface area contributed by atoms with Crippen LogP contribution in [0.2, 0.25) is 0 Å². The van der Waals surface area contributed by atoms with Gasteiger partial charge in [-0.15, -0.1) is 18.9 Å². The summed E-state index contributed by atoms with van der Waals surface area (Å²) in [6, 6.07) is 46.3. The summed E-state index contributed by atoms with van der Waals surface area (Å²) in [5.74, 6) is -5.90. The minimum atomic E-state index is -1.62. The van der Waals surface area contributed by atoms with Gasteiger partial charge < -0.3 is 66.2 Å². The Morgan fingerprint density at radius 2 is 0.818 bits per heavy atom. The third-order valence-corrected chi connectivity index (χ3v) is 15.5. The number of hydrogen-bond donors (Lipinski definition) is 6. The van der Waals surface area contributed by atoms with Gasteiger partial charge in [0.1, 0.15) is 66.4 Å². The van der Waals surface area contributed by atoms with Crippen molar-refractivity contribution in [3.8, 4) is 0 Å². The molecule has 28 heteroatoms. The molecule has 0 saturated carbocycles. The van der Waals surface area contributed by atoms with Crippen LogP contribution < -0.4 is 73.9 Å². The van der Waals surface area contributed by atoms with Crippen LogP contribution >= 0.6 is 0 Å². The van der Waals surface area contributed by atoms with E-state index < -0.39 is 98.7 Å². The monoisotopic (exact) mass is 1350 g/mol. The van der Waals surface area contributed by atoms with Crippen molar-refractivity contribution in [3.05, 3.63) is 280 Å². The second-order valence-electron chi connectivity index (χ2n) is 22.5. The molecule has 0 spiro atoms. The summed E-state index contributed by atoms with van der Waals surface area (Å²) in [4.78, 5) is 184. The maximum atomic E-state index is 14.9. The van der Waals surface area contributed by atoms with Crippen LogP contribution in [0.4, 0.5) is 0 Å². The summed E-state index contributed by atoms with van der Waals surface area (Å²) in [6.07, 6.45) is 0.646. The molecule has 28 nitrogen and oxygen atoms in total. The molecule has 0 saturated heterocycles. The molecule has 1 atom stereocenters. The largest absolute Gasteiger partial charge is 0.405 e. The molecule has 3 aliphatic rings. The van der Waals surface area contributed by atoms with E-state index >= 15 is 0 Å². The summed E-state index contributed by atoms with van der Waals surface area (Å²) >= 11 is 0. The van der Waals surface area contributed by atoms with Crippen molar-refractivity contribution in [2.24, 2.45) is 5.73 Å². The Morgan fingerprint density at radius 1 is 0.424 bits per heavy atom. The Balaban J connectivity index is 1.06. The molecule has 516 valence electrons. The molecule has 3 aliphatic heterocycles. The van der Waals surface area contributed by atoms with Crippen LogP contribution in [0.15, 0.2) is 201 Å². The number of nitrogens with zero attached hydrogens (tertiary/aromatic N) is 6. The van der Waals surface area contributed by atoms with Crippen LogP contribution in [-0.2, 0) is 36.0 Å². The van der Waals surface area contributed by atoms with Crippen LogP contribution in [0.5, 0.6) is 0 Å². The molecule has 7 heterocycles. The molecule has 7 N–H and O–H groups in total. The highest BCUT2D eigenvalue weighted by molar-refractivity contribution is 5.99. The number of ether oxygens (including phenoxy) is 1. The van der Waals surface area contributed by atoms with Crippen molar-refractivity contribution in [1.82, 2.24) is 55.3 Å². The fourth-order valence-corrected chi connectivity index (χ4v) is 10.3. The summed E-state index contributed by atoms with van der Waals surface area (Å²) in [6.45, 7) is -1.27. The molecule has 4 bridgehead atoms. The normalized spacial score (nSPS) is 14.6. The summed E-state index contributed by atoms with van der Waals surface area (Å²) in [5.41, 5.74) is 2.73. The van der Waals surface area contributed by atoms with Crippen molar-refractivity contribution >= 4 is 41.4 Å². The zero-order valence-corrected chi connectivity index (χ0v) is 54.1. The fourth-order valence-electron chi connectivity index (χ4n) is 10.3. The minimum absolute atomic E-state index is 0.0119. The lowest BCUT2D eigenvalue weighted by Gasteiger charge is -2.26. The van der Waals surface area contributed by atoms with Crippen molar-refractivity contribution in [2.75, 3.05) is 72.1 Å². The van der Waals surface area contributed by atoms with Gasteiger partial charge >= 0.3 is 0 Å². The number of aromatic nitrogens is 4. The molecule has 99 heavy (non-hydrogen) atoms. The number of pyridine rings is 4. The van der Waals surface area contributed by atoms with E-state index in [-0.39, 0.29) is 129 Å². The summed E-state index contributed by atoms with van der Waals surface area (Å²) in [7, 11) is 0. The third kappa shape index (κ3) is 19.9. The SMILES string of the molecule is NCCOCCNC(=O)C1CNC(=O)c2ccc(c(=O)n2OCc2ccccc2)C(=O)NCCCN(C(=O)c2cccc(=O)n2OCc2ccccc2)CCCCN(C(=O)c2cccc(=O)n2OCc2ccccc2)CCCNC(=O)c2ccc(n(OCc3ccccc3)c2=O)C(=O)N1. The lowest BCUT2D eigenvalue weighted by molar-refractivity contribution is -0.123. The maximum absolute atomic E-state index is 14.9. The zero-order valence-electron chi connectivity index (χ0n) is 54.1. The zero-order chi connectivity index (χ0) is 69.9. The molecule has 7 amide bonds. The average molecular weight is 1350 g/mol. The standard InChI is InChI=1S/C71H76N12O16/c72-35-43-95-44-38-75-65(88)56-45-76-66(89)57-33-31-54(68(91)82(57)98-48-52-23-9-3-10-24-52)63(86)73-36-17-41-78(70(93)59-27-15-29-61(84)80(59)96-46-50-19-5-1-6-20-50)39-13-14-40-79(71(94)60-28-16-30-62(85)81(60)97-47-51-21-7-2-8-22-51)42-18-37-74-64(87)55-32-34-58(67(90)77-56)83(69(55)92)99-49-53-25-11-4-12-26-53/h1-12,15-16,19-34,56H,13-14,17-18,35-49,72H2,(H,73,86)(H,74,87)(H,75,88)(H,76,89)(H,77,90). The van der Waals surface area contributed by atoms with Crippen molar-refractivity contribution < 1.29 is 57.6 Å². The highest BCUT2D eigenvalue weighted by Gasteiger charge is 2.29. The van der Waals surface area contributed by atoms with E-state index in [9.17, 15) is 52.7 Å². The number of amides is 7. The van der Waals surface area contributed by atoms with Gasteiger partial charge in [0.25, 0.3) is 57.7 Å². The van der Waals surface area contributed by atoms with Gasteiger partial charge in [-0.2, -0.15) is 0 Å². The maximum Gasteiger partial charge on any atom is 0.296 e. The average Bonchev–Trinajstić information content (AvgIpc) is 0.817. The van der Waals surface area contributed by atoms with Crippen LogP contribution in [0.3, 0.4) is 0 Å². The molecule has 1 unspecified atom stereocenters. The summed E-state index contributed by atoms with van der Waals surface area (Å²) < 4.78 is 8.48. The van der Waals surface area contributed by atoms with Crippen LogP contribution in [0.1, 0.15) is 111 Å². The second kappa shape index (κ2) is 36.3. The summed E-state index contributed by atoms with van der Waals surface area (Å²) in [5, 5.41) is 13.2. The van der Waals surface area contributed by atoms with E-state index in [0.717, 1.165) is 39.3 Å². The predicted molar refractivity (Wildman–Crippen MR) is 361 cm³/mol. The highest BCUT2D eigenvalue weighted by atomic mass is 16.7. The van der Waals surface area contributed by atoms with Gasteiger partial charge in [0.05, 0.1) is 13.2 Å². The molecule has 0 aliphatic carbocycles. The quantitative estimate of drug-likeness (QED) is 0.0593. The number of carbonyl (C=O) groups excluding carboxylic acids is 7. The molecular weight excluding hydrogens is 1280 g/mol. The van der Waals surface area contributed by atoms with Gasteiger partial charge in [0.15, 0.2) is 0 Å². The Kier molecular flexibility index (Phi) is 26.2. The van der Waals surface area contributed by atoms with Gasteiger partial charge in [-0.3, -0.25) is 52.7 Å². The number of hydrogen-bond acceptors (Lipinski definition) is 17. The molecular formula is C71H76N12O16. The van der Waals surface area contributed by atoms with Crippen molar-refractivity contribution in [3.63, 3.8) is 0 Å². The van der Waals surface area contributed by atoms with E-state index in [4.69, 9.17) is 29.8 Å². The number of rotatable bonds is 20. The second-order valence-corrected chi connectivity index (χ2v) is 22.5. The first kappa shape index (κ1) is 71.4. The number of fused-ring (bicyclic) bond motifs is 2. The van der Waals surface area contributed by atoms with Gasteiger partial charge in [-0.1, -0.05) is 133 Å². The minimum Gasteiger partial charge on any atom is -0.405 e.